The molecule has 0 aliphatic rings. The summed E-state index contributed by atoms with van der Waals surface area (Å²) in [4.78, 5) is 4.53. The Kier molecular flexibility index (Phi) is 5.46. The number of aromatic nitrogens is 1. The lowest BCUT2D eigenvalue weighted by Gasteiger charge is -2.13. The van der Waals surface area contributed by atoms with Gasteiger partial charge in [0.25, 0.3) is 0 Å². The third-order valence-corrected chi connectivity index (χ3v) is 5.61. The topological polar surface area (TPSA) is 71.1 Å². The Bertz CT molecular complexity index is 669. The van der Waals surface area contributed by atoms with Crippen LogP contribution in [0, 0.1) is 0 Å². The van der Waals surface area contributed by atoms with Crippen LogP contribution in [0.1, 0.15) is 23.4 Å². The third-order valence-electron chi connectivity index (χ3n) is 3.08. The minimum atomic E-state index is -3.51. The second-order valence-corrected chi connectivity index (χ2v) is 7.42. The molecule has 1 heterocycles. The maximum Gasteiger partial charge on any atom is 0.240 e. The van der Waals surface area contributed by atoms with Crippen LogP contribution in [-0.2, 0) is 16.6 Å². The summed E-state index contributed by atoms with van der Waals surface area (Å²) in [5.41, 5.74) is 0.759. The highest BCUT2D eigenvalue weighted by molar-refractivity contribution is 7.89. The standard InChI is InChI=1S/C14H19N3O2S2/c1-11(14-16-7-8-20-14)9-17-21(18,19)13-6-4-3-5-12(13)10-15-2/h3-8,11,15,17H,9-10H2,1-2H3. The molecule has 114 valence electrons. The van der Waals surface area contributed by atoms with E-state index in [-0.39, 0.29) is 5.92 Å². The van der Waals surface area contributed by atoms with Gasteiger partial charge in [-0.25, -0.2) is 18.1 Å². The Morgan fingerprint density at radius 3 is 2.76 bits per heavy atom. The molecule has 0 bridgehead atoms. The number of nitrogens with zero attached hydrogens (tertiary/aromatic N) is 1. The summed E-state index contributed by atoms with van der Waals surface area (Å²) < 4.78 is 27.6. The van der Waals surface area contributed by atoms with Crippen LogP contribution < -0.4 is 10.0 Å². The molecule has 5 nitrogen and oxygen atoms in total. The molecule has 0 spiro atoms. The van der Waals surface area contributed by atoms with Crippen molar-refractivity contribution in [3.8, 4) is 0 Å². The summed E-state index contributed by atoms with van der Waals surface area (Å²) in [5.74, 6) is 0.0521. The molecule has 21 heavy (non-hydrogen) atoms. The second-order valence-electron chi connectivity index (χ2n) is 4.76. The van der Waals surface area contributed by atoms with Gasteiger partial charge in [0.2, 0.25) is 10.0 Å². The second kappa shape index (κ2) is 7.13. The number of hydrogen-bond donors (Lipinski definition) is 2. The number of thiazole rings is 1. The largest absolute Gasteiger partial charge is 0.316 e. The lowest BCUT2D eigenvalue weighted by Crippen LogP contribution is -2.29. The molecular weight excluding hydrogens is 306 g/mol. The highest BCUT2D eigenvalue weighted by Crippen LogP contribution is 2.19. The van der Waals surface area contributed by atoms with Crippen LogP contribution in [0.25, 0.3) is 0 Å². The summed E-state index contributed by atoms with van der Waals surface area (Å²) in [5, 5.41) is 5.81. The van der Waals surface area contributed by atoms with E-state index < -0.39 is 10.0 Å². The van der Waals surface area contributed by atoms with Gasteiger partial charge in [0, 0.05) is 30.6 Å². The number of nitrogens with one attached hydrogen (secondary N) is 2. The monoisotopic (exact) mass is 325 g/mol. The number of benzene rings is 1. The Balaban J connectivity index is 2.12. The van der Waals surface area contributed by atoms with Gasteiger partial charge in [0.15, 0.2) is 0 Å². The molecule has 0 saturated heterocycles. The smallest absolute Gasteiger partial charge is 0.240 e. The van der Waals surface area contributed by atoms with E-state index in [4.69, 9.17) is 0 Å². The number of rotatable bonds is 7. The zero-order chi connectivity index (χ0) is 15.3. The van der Waals surface area contributed by atoms with Crippen LogP contribution in [0.3, 0.4) is 0 Å². The molecule has 1 aromatic carbocycles. The number of hydrogen-bond acceptors (Lipinski definition) is 5. The fourth-order valence-corrected chi connectivity index (χ4v) is 4.05. The lowest BCUT2D eigenvalue weighted by atomic mass is 10.2. The predicted molar refractivity (Wildman–Crippen MR) is 84.9 cm³/mol. The van der Waals surface area contributed by atoms with E-state index in [9.17, 15) is 8.42 Å². The quantitative estimate of drug-likeness (QED) is 0.816. The maximum atomic E-state index is 12.4. The highest BCUT2D eigenvalue weighted by Gasteiger charge is 2.19. The van der Waals surface area contributed by atoms with E-state index >= 15 is 0 Å². The maximum absolute atomic E-state index is 12.4. The van der Waals surface area contributed by atoms with E-state index in [2.05, 4.69) is 15.0 Å². The average Bonchev–Trinajstić information content (AvgIpc) is 3.00. The first-order valence-electron chi connectivity index (χ1n) is 6.66. The summed E-state index contributed by atoms with van der Waals surface area (Å²) >= 11 is 1.53. The Morgan fingerprint density at radius 2 is 2.10 bits per heavy atom. The molecule has 7 heteroatoms. The molecule has 2 N–H and O–H groups in total. The lowest BCUT2D eigenvalue weighted by molar-refractivity contribution is 0.573. The van der Waals surface area contributed by atoms with Crippen LogP contribution in [-0.4, -0.2) is 27.0 Å². The molecule has 0 amide bonds. The Labute approximate surface area is 129 Å². The van der Waals surface area contributed by atoms with Crippen LogP contribution in [0.15, 0.2) is 40.7 Å². The summed E-state index contributed by atoms with van der Waals surface area (Å²) in [6, 6.07) is 7.01. The molecule has 1 aromatic heterocycles. The summed E-state index contributed by atoms with van der Waals surface area (Å²) in [6.07, 6.45) is 1.73. The highest BCUT2D eigenvalue weighted by atomic mass is 32.2. The average molecular weight is 325 g/mol. The SMILES string of the molecule is CNCc1ccccc1S(=O)(=O)NCC(C)c1nccs1. The summed E-state index contributed by atoms with van der Waals surface area (Å²) in [7, 11) is -1.72. The molecule has 2 aromatic rings. The molecule has 0 aliphatic heterocycles. The van der Waals surface area contributed by atoms with E-state index in [0.29, 0.717) is 18.0 Å². The molecule has 0 fully saturated rings. The van der Waals surface area contributed by atoms with Crippen molar-refractivity contribution in [2.24, 2.45) is 0 Å². The van der Waals surface area contributed by atoms with Crippen molar-refractivity contribution in [3.63, 3.8) is 0 Å². The Hall–Kier alpha value is -1.28. The molecule has 1 atom stereocenters. The molecule has 0 saturated carbocycles. The van der Waals surface area contributed by atoms with Crippen molar-refractivity contribution in [2.75, 3.05) is 13.6 Å². The van der Waals surface area contributed by atoms with Crippen LogP contribution in [0.4, 0.5) is 0 Å². The van der Waals surface area contributed by atoms with Gasteiger partial charge in [0.1, 0.15) is 0 Å². The molecule has 0 radical (unpaired) electrons. The van der Waals surface area contributed by atoms with Gasteiger partial charge < -0.3 is 5.32 Å². The predicted octanol–water partition coefficient (Wildman–Crippen LogP) is 1.94. The number of sulfonamides is 1. The van der Waals surface area contributed by atoms with E-state index in [1.165, 1.54) is 11.3 Å². The van der Waals surface area contributed by atoms with Gasteiger partial charge in [-0.15, -0.1) is 11.3 Å². The van der Waals surface area contributed by atoms with Crippen molar-refractivity contribution in [3.05, 3.63) is 46.4 Å². The molecule has 0 aliphatic carbocycles. The van der Waals surface area contributed by atoms with Crippen molar-refractivity contribution >= 4 is 21.4 Å². The zero-order valence-corrected chi connectivity index (χ0v) is 13.7. The fraction of sp³-hybridized carbons (Fsp3) is 0.357. The first-order valence-corrected chi connectivity index (χ1v) is 9.02. The molecule has 1 unspecified atom stereocenters. The normalized spacial score (nSPS) is 13.2. The van der Waals surface area contributed by atoms with Crippen molar-refractivity contribution in [2.45, 2.75) is 24.3 Å². The zero-order valence-electron chi connectivity index (χ0n) is 12.0. The minimum Gasteiger partial charge on any atom is -0.316 e. The fourth-order valence-electron chi connectivity index (χ4n) is 1.98. The van der Waals surface area contributed by atoms with Crippen LogP contribution in [0.2, 0.25) is 0 Å². The van der Waals surface area contributed by atoms with Gasteiger partial charge in [-0.3, -0.25) is 0 Å². The van der Waals surface area contributed by atoms with Gasteiger partial charge in [0.05, 0.1) is 9.90 Å². The Morgan fingerprint density at radius 1 is 1.33 bits per heavy atom. The van der Waals surface area contributed by atoms with E-state index in [1.54, 1.807) is 25.4 Å². The third kappa shape index (κ3) is 4.10. The van der Waals surface area contributed by atoms with Crippen LogP contribution >= 0.6 is 11.3 Å². The van der Waals surface area contributed by atoms with Gasteiger partial charge in [-0.05, 0) is 18.7 Å². The first kappa shape index (κ1) is 16.1. The van der Waals surface area contributed by atoms with Crippen molar-refractivity contribution in [1.29, 1.82) is 0 Å². The molecular formula is C14H19N3O2S2. The van der Waals surface area contributed by atoms with Gasteiger partial charge >= 0.3 is 0 Å². The van der Waals surface area contributed by atoms with Crippen molar-refractivity contribution < 1.29 is 8.42 Å². The first-order chi connectivity index (χ1) is 10.0. The van der Waals surface area contributed by atoms with Crippen LogP contribution in [0.5, 0.6) is 0 Å². The summed E-state index contributed by atoms with van der Waals surface area (Å²) in [6.45, 7) is 2.81. The van der Waals surface area contributed by atoms with E-state index in [1.807, 2.05) is 24.4 Å². The van der Waals surface area contributed by atoms with Crippen molar-refractivity contribution in [1.82, 2.24) is 15.0 Å². The van der Waals surface area contributed by atoms with E-state index in [0.717, 1.165) is 10.6 Å². The molecule has 2 rings (SSSR count). The van der Waals surface area contributed by atoms with Gasteiger partial charge in [-0.1, -0.05) is 25.1 Å². The van der Waals surface area contributed by atoms with Gasteiger partial charge in [-0.2, -0.15) is 0 Å². The minimum absolute atomic E-state index is 0.0521.